The fraction of sp³-hybridized carbons (Fsp3) is 0.533. The number of hydrogen-bond donors (Lipinski definition) is 0. The van der Waals surface area contributed by atoms with E-state index in [4.69, 9.17) is 16.3 Å². The Bertz CT molecular complexity index is 455. The molecule has 1 heterocycles. The Morgan fingerprint density at radius 3 is 2.95 bits per heavy atom. The first-order valence-corrected chi connectivity index (χ1v) is 7.28. The largest absolute Gasteiger partial charge is 0.378 e. The molecular formula is C15H19ClFNO2. The zero-order valence-electron chi connectivity index (χ0n) is 11.6. The highest BCUT2D eigenvalue weighted by atomic mass is 35.5. The first-order chi connectivity index (χ1) is 9.59. The van der Waals surface area contributed by atoms with Crippen LogP contribution in [0.5, 0.6) is 0 Å². The molecule has 0 aliphatic carbocycles. The van der Waals surface area contributed by atoms with Crippen molar-refractivity contribution in [2.45, 2.75) is 31.8 Å². The molecule has 0 N–H and O–H groups in total. The van der Waals surface area contributed by atoms with Crippen molar-refractivity contribution in [2.24, 2.45) is 0 Å². The maximum atomic E-state index is 13.7. The van der Waals surface area contributed by atoms with E-state index < -0.39 is 5.82 Å². The number of halogens is 2. The molecule has 1 atom stereocenters. The number of nitrogens with zero attached hydrogens (tertiary/aromatic N) is 1. The van der Waals surface area contributed by atoms with Gasteiger partial charge in [0.25, 0.3) is 5.91 Å². The minimum atomic E-state index is -0.580. The van der Waals surface area contributed by atoms with Gasteiger partial charge in [-0.1, -0.05) is 17.7 Å². The Labute approximate surface area is 123 Å². The molecule has 1 saturated heterocycles. The van der Waals surface area contributed by atoms with E-state index in [2.05, 4.69) is 0 Å². The van der Waals surface area contributed by atoms with E-state index in [9.17, 15) is 9.18 Å². The topological polar surface area (TPSA) is 29.5 Å². The molecule has 3 nitrogen and oxygen atoms in total. The minimum Gasteiger partial charge on any atom is -0.378 e. The van der Waals surface area contributed by atoms with E-state index >= 15 is 0 Å². The number of carbonyl (C=O) groups is 1. The highest BCUT2D eigenvalue weighted by Crippen LogP contribution is 2.21. The van der Waals surface area contributed by atoms with Crippen LogP contribution in [0.15, 0.2) is 18.2 Å². The van der Waals surface area contributed by atoms with Gasteiger partial charge in [-0.25, -0.2) is 4.39 Å². The summed E-state index contributed by atoms with van der Waals surface area (Å²) >= 11 is 5.91. The lowest BCUT2D eigenvalue weighted by Crippen LogP contribution is -2.32. The lowest BCUT2D eigenvalue weighted by atomic mass is 10.1. The smallest absolute Gasteiger partial charge is 0.258 e. The predicted molar refractivity (Wildman–Crippen MR) is 76.6 cm³/mol. The van der Waals surface area contributed by atoms with E-state index in [1.54, 1.807) is 7.05 Å². The summed E-state index contributed by atoms with van der Waals surface area (Å²) in [5.41, 5.74) is -0.0544. The van der Waals surface area contributed by atoms with Crippen LogP contribution >= 0.6 is 11.6 Å². The molecule has 0 radical (unpaired) electrons. The molecule has 110 valence electrons. The number of hydrogen-bond acceptors (Lipinski definition) is 2. The number of rotatable bonds is 4. The fourth-order valence-corrected chi connectivity index (χ4v) is 2.61. The van der Waals surface area contributed by atoms with Crippen LogP contribution < -0.4 is 0 Å². The average Bonchev–Trinajstić information content (AvgIpc) is 2.45. The van der Waals surface area contributed by atoms with Crippen molar-refractivity contribution in [2.75, 3.05) is 20.2 Å². The quantitative estimate of drug-likeness (QED) is 0.851. The summed E-state index contributed by atoms with van der Waals surface area (Å²) in [6.07, 6.45) is 4.28. The lowest BCUT2D eigenvalue weighted by Gasteiger charge is -2.25. The molecule has 20 heavy (non-hydrogen) atoms. The van der Waals surface area contributed by atoms with Gasteiger partial charge in [-0.3, -0.25) is 4.79 Å². The minimum absolute atomic E-state index is 0.0544. The second-order valence-electron chi connectivity index (χ2n) is 5.10. The summed E-state index contributed by atoms with van der Waals surface area (Å²) < 4.78 is 19.3. The molecule has 0 spiro atoms. The van der Waals surface area contributed by atoms with Crippen LogP contribution in [-0.4, -0.2) is 37.1 Å². The first kappa shape index (κ1) is 15.3. The highest BCUT2D eigenvalue weighted by Gasteiger charge is 2.21. The van der Waals surface area contributed by atoms with Crippen molar-refractivity contribution < 1.29 is 13.9 Å². The predicted octanol–water partition coefficient (Wildman–Crippen LogP) is 3.51. The van der Waals surface area contributed by atoms with Gasteiger partial charge in [-0.2, -0.15) is 0 Å². The van der Waals surface area contributed by atoms with Crippen molar-refractivity contribution in [3.8, 4) is 0 Å². The molecule has 1 amide bonds. The Morgan fingerprint density at radius 2 is 2.30 bits per heavy atom. The van der Waals surface area contributed by atoms with Gasteiger partial charge in [-0.15, -0.1) is 0 Å². The number of amides is 1. The summed E-state index contributed by atoms with van der Waals surface area (Å²) in [6, 6.07) is 4.26. The number of ether oxygens (including phenoxy) is 1. The van der Waals surface area contributed by atoms with E-state index in [-0.39, 0.29) is 22.6 Å². The van der Waals surface area contributed by atoms with Gasteiger partial charge in [-0.05, 0) is 37.8 Å². The van der Waals surface area contributed by atoms with Gasteiger partial charge in [0.1, 0.15) is 5.82 Å². The maximum absolute atomic E-state index is 13.7. The SMILES string of the molecule is CN(CCC1CCCCO1)C(=O)c1c(F)cccc1Cl. The van der Waals surface area contributed by atoms with Gasteiger partial charge in [0.15, 0.2) is 0 Å². The molecule has 1 aromatic rings. The summed E-state index contributed by atoms with van der Waals surface area (Å²) in [4.78, 5) is 13.7. The van der Waals surface area contributed by atoms with Crippen molar-refractivity contribution in [3.05, 3.63) is 34.6 Å². The fourth-order valence-electron chi connectivity index (χ4n) is 2.37. The molecule has 1 aliphatic heterocycles. The van der Waals surface area contributed by atoms with E-state index in [1.165, 1.54) is 29.5 Å². The summed E-state index contributed by atoms with van der Waals surface area (Å²) in [6.45, 7) is 1.33. The third kappa shape index (κ3) is 3.70. The lowest BCUT2D eigenvalue weighted by molar-refractivity contribution is 0.00707. The van der Waals surface area contributed by atoms with Crippen molar-refractivity contribution in [1.82, 2.24) is 4.90 Å². The third-order valence-electron chi connectivity index (χ3n) is 3.58. The zero-order chi connectivity index (χ0) is 14.5. The number of carbonyl (C=O) groups excluding carboxylic acids is 1. The van der Waals surface area contributed by atoms with Gasteiger partial charge in [0.05, 0.1) is 16.7 Å². The van der Waals surface area contributed by atoms with Gasteiger partial charge >= 0.3 is 0 Å². The zero-order valence-corrected chi connectivity index (χ0v) is 12.3. The first-order valence-electron chi connectivity index (χ1n) is 6.90. The van der Waals surface area contributed by atoms with E-state index in [0.717, 1.165) is 25.9 Å². The normalized spacial score (nSPS) is 18.9. The molecule has 0 aromatic heterocycles. The van der Waals surface area contributed by atoms with E-state index in [1.807, 2.05) is 0 Å². The number of benzene rings is 1. The van der Waals surface area contributed by atoms with Gasteiger partial charge < -0.3 is 9.64 Å². The van der Waals surface area contributed by atoms with Crippen LogP contribution in [0.2, 0.25) is 5.02 Å². The van der Waals surface area contributed by atoms with Crippen molar-refractivity contribution in [1.29, 1.82) is 0 Å². The average molecular weight is 300 g/mol. The Balaban J connectivity index is 1.94. The standard InChI is InChI=1S/C15H19ClFNO2/c1-18(9-8-11-5-2-3-10-20-11)15(19)14-12(16)6-4-7-13(14)17/h4,6-7,11H,2-3,5,8-10H2,1H3. The monoisotopic (exact) mass is 299 g/mol. The van der Waals surface area contributed by atoms with E-state index in [0.29, 0.717) is 6.54 Å². The second-order valence-corrected chi connectivity index (χ2v) is 5.51. The molecule has 1 aliphatic rings. The van der Waals surface area contributed by atoms with Crippen LogP contribution in [-0.2, 0) is 4.74 Å². The van der Waals surface area contributed by atoms with Crippen LogP contribution in [0.4, 0.5) is 4.39 Å². The van der Waals surface area contributed by atoms with Gasteiger partial charge in [0, 0.05) is 20.2 Å². The van der Waals surface area contributed by atoms with Crippen LogP contribution in [0.25, 0.3) is 0 Å². The maximum Gasteiger partial charge on any atom is 0.258 e. The molecule has 0 saturated carbocycles. The molecule has 5 heteroatoms. The highest BCUT2D eigenvalue weighted by molar-refractivity contribution is 6.33. The Hall–Kier alpha value is -1.13. The summed E-state index contributed by atoms with van der Waals surface area (Å²) in [5, 5.41) is 0.149. The molecular weight excluding hydrogens is 281 g/mol. The molecule has 1 unspecified atom stereocenters. The molecule has 1 aromatic carbocycles. The van der Waals surface area contributed by atoms with Crippen molar-refractivity contribution in [3.63, 3.8) is 0 Å². The van der Waals surface area contributed by atoms with Crippen molar-refractivity contribution >= 4 is 17.5 Å². The summed E-state index contributed by atoms with van der Waals surface area (Å²) in [5.74, 6) is -0.966. The van der Waals surface area contributed by atoms with Crippen LogP contribution in [0.3, 0.4) is 0 Å². The summed E-state index contributed by atoms with van der Waals surface area (Å²) in [7, 11) is 1.66. The Kier molecular flexibility index (Phi) is 5.38. The second kappa shape index (κ2) is 7.04. The third-order valence-corrected chi connectivity index (χ3v) is 3.90. The van der Waals surface area contributed by atoms with Crippen LogP contribution in [0, 0.1) is 5.82 Å². The molecule has 2 rings (SSSR count). The Morgan fingerprint density at radius 1 is 1.50 bits per heavy atom. The molecule has 0 bridgehead atoms. The van der Waals surface area contributed by atoms with Crippen LogP contribution in [0.1, 0.15) is 36.0 Å². The molecule has 1 fully saturated rings. The van der Waals surface area contributed by atoms with Gasteiger partial charge in [0.2, 0.25) is 0 Å².